The molecule has 5 nitrogen and oxygen atoms in total. The van der Waals surface area contributed by atoms with Gasteiger partial charge in [0.2, 0.25) is 11.8 Å². The first kappa shape index (κ1) is 19.5. The summed E-state index contributed by atoms with van der Waals surface area (Å²) in [5.74, 6) is 2.29. The number of carbonyl (C=O) groups excluding carboxylic acids is 2. The molecule has 0 spiro atoms. The number of nitrogens with zero attached hydrogens (tertiary/aromatic N) is 1. The van der Waals surface area contributed by atoms with Crippen LogP contribution in [0, 0.1) is 23.2 Å². The van der Waals surface area contributed by atoms with Gasteiger partial charge in [-0.2, -0.15) is 0 Å². The van der Waals surface area contributed by atoms with Crippen LogP contribution in [-0.4, -0.2) is 49.9 Å². The molecule has 138 valence electrons. The highest BCUT2D eigenvalue weighted by molar-refractivity contribution is 5.90. The van der Waals surface area contributed by atoms with E-state index in [1.54, 1.807) is 6.92 Å². The van der Waals surface area contributed by atoms with Crippen molar-refractivity contribution in [2.75, 3.05) is 27.2 Å². The minimum atomic E-state index is -0.447. The highest BCUT2D eigenvalue weighted by atomic mass is 35.5. The molecule has 0 aromatic carbocycles. The lowest BCUT2D eigenvalue weighted by atomic mass is 9.49. The molecule has 0 heterocycles. The van der Waals surface area contributed by atoms with Crippen molar-refractivity contribution in [3.63, 3.8) is 0 Å². The van der Waals surface area contributed by atoms with Gasteiger partial charge in [-0.1, -0.05) is 0 Å². The Balaban J connectivity index is 0.00000208. The lowest BCUT2D eigenvalue weighted by Crippen LogP contribution is -2.56. The molecule has 24 heavy (non-hydrogen) atoms. The Labute approximate surface area is 151 Å². The summed E-state index contributed by atoms with van der Waals surface area (Å²) in [6, 6.07) is -0.447. The van der Waals surface area contributed by atoms with Crippen molar-refractivity contribution < 1.29 is 9.59 Å². The third-order valence-electron chi connectivity index (χ3n) is 6.12. The van der Waals surface area contributed by atoms with E-state index in [4.69, 9.17) is 0 Å². The van der Waals surface area contributed by atoms with Gasteiger partial charge in [0.15, 0.2) is 0 Å². The fraction of sp³-hybridized carbons (Fsp3) is 0.889. The summed E-state index contributed by atoms with van der Waals surface area (Å²) in [5.41, 5.74) is -0.174. The molecule has 4 fully saturated rings. The van der Waals surface area contributed by atoms with Gasteiger partial charge in [-0.15, -0.1) is 12.4 Å². The highest BCUT2D eigenvalue weighted by Gasteiger charge is 2.54. The largest absolute Gasteiger partial charge is 0.353 e. The molecule has 4 aliphatic rings. The van der Waals surface area contributed by atoms with Crippen LogP contribution in [-0.2, 0) is 9.59 Å². The van der Waals surface area contributed by atoms with Crippen LogP contribution in [0.25, 0.3) is 0 Å². The molecule has 1 unspecified atom stereocenters. The number of halogens is 1. The number of rotatable bonds is 6. The molecule has 4 rings (SSSR count). The molecule has 0 radical (unpaired) electrons. The average molecular weight is 358 g/mol. The molecule has 0 aliphatic heterocycles. The lowest BCUT2D eigenvalue weighted by Gasteiger charge is -2.55. The highest BCUT2D eigenvalue weighted by Crippen LogP contribution is 2.60. The van der Waals surface area contributed by atoms with E-state index in [0.29, 0.717) is 6.54 Å². The van der Waals surface area contributed by atoms with Gasteiger partial charge in [0, 0.05) is 18.5 Å². The van der Waals surface area contributed by atoms with Crippen LogP contribution < -0.4 is 10.6 Å². The molecule has 4 bridgehead atoms. The van der Waals surface area contributed by atoms with E-state index in [1.165, 1.54) is 19.3 Å². The van der Waals surface area contributed by atoms with Gasteiger partial charge in [0.05, 0.1) is 0 Å². The van der Waals surface area contributed by atoms with Crippen molar-refractivity contribution in [1.82, 2.24) is 15.5 Å². The zero-order valence-corrected chi connectivity index (χ0v) is 16.0. The molecular formula is C18H32ClN3O2. The first-order valence-corrected chi connectivity index (χ1v) is 9.11. The van der Waals surface area contributed by atoms with E-state index in [1.807, 2.05) is 19.0 Å². The summed E-state index contributed by atoms with van der Waals surface area (Å²) >= 11 is 0. The molecule has 1 atom stereocenters. The first-order valence-electron chi connectivity index (χ1n) is 9.11. The predicted octanol–water partition coefficient (Wildman–Crippen LogP) is 1.81. The summed E-state index contributed by atoms with van der Waals surface area (Å²) in [5, 5.41) is 5.91. The van der Waals surface area contributed by atoms with Crippen LogP contribution in [0.4, 0.5) is 0 Å². The summed E-state index contributed by atoms with van der Waals surface area (Å²) in [6.45, 7) is 3.22. The Morgan fingerprint density at radius 3 is 2.04 bits per heavy atom. The van der Waals surface area contributed by atoms with Crippen molar-refractivity contribution in [1.29, 1.82) is 0 Å². The summed E-state index contributed by atoms with van der Waals surface area (Å²) in [4.78, 5) is 27.1. The monoisotopic (exact) mass is 357 g/mol. The normalized spacial score (nSPS) is 34.6. The average Bonchev–Trinajstić information content (AvgIpc) is 2.45. The van der Waals surface area contributed by atoms with Crippen molar-refractivity contribution >= 4 is 24.2 Å². The van der Waals surface area contributed by atoms with Crippen molar-refractivity contribution in [3.05, 3.63) is 0 Å². The smallest absolute Gasteiger partial charge is 0.242 e. The van der Waals surface area contributed by atoms with E-state index in [2.05, 4.69) is 10.6 Å². The van der Waals surface area contributed by atoms with Crippen LogP contribution in [0.15, 0.2) is 0 Å². The Hall–Kier alpha value is -0.810. The van der Waals surface area contributed by atoms with Gasteiger partial charge in [-0.3, -0.25) is 9.59 Å². The maximum atomic E-state index is 12.9. The molecule has 2 amide bonds. The fourth-order valence-corrected chi connectivity index (χ4v) is 5.36. The molecule has 6 heteroatoms. The van der Waals surface area contributed by atoms with Crippen LogP contribution in [0.2, 0.25) is 0 Å². The van der Waals surface area contributed by atoms with E-state index in [0.717, 1.165) is 43.6 Å². The lowest BCUT2D eigenvalue weighted by molar-refractivity contribution is -0.148. The molecule has 2 N–H and O–H groups in total. The fourth-order valence-electron chi connectivity index (χ4n) is 5.36. The van der Waals surface area contributed by atoms with Gasteiger partial charge >= 0.3 is 0 Å². The molecule has 0 aromatic rings. The maximum absolute atomic E-state index is 12.9. The van der Waals surface area contributed by atoms with Crippen LogP contribution in [0.1, 0.15) is 45.4 Å². The summed E-state index contributed by atoms with van der Waals surface area (Å²) < 4.78 is 0. The van der Waals surface area contributed by atoms with E-state index in [9.17, 15) is 9.59 Å². The quantitative estimate of drug-likeness (QED) is 0.762. The molecular weight excluding hydrogens is 326 g/mol. The van der Waals surface area contributed by atoms with Crippen LogP contribution in [0.3, 0.4) is 0 Å². The third kappa shape index (κ3) is 4.05. The van der Waals surface area contributed by atoms with Crippen molar-refractivity contribution in [3.8, 4) is 0 Å². The van der Waals surface area contributed by atoms with Gasteiger partial charge in [0.1, 0.15) is 6.04 Å². The number of nitrogens with one attached hydrogen (secondary N) is 2. The predicted molar refractivity (Wildman–Crippen MR) is 97.0 cm³/mol. The Bertz CT molecular complexity index is 446. The first-order chi connectivity index (χ1) is 10.9. The minimum absolute atomic E-state index is 0. The zero-order valence-electron chi connectivity index (χ0n) is 15.1. The second-order valence-electron chi connectivity index (χ2n) is 8.49. The van der Waals surface area contributed by atoms with Crippen LogP contribution >= 0.6 is 12.4 Å². The van der Waals surface area contributed by atoms with Crippen molar-refractivity contribution in [2.45, 2.75) is 51.5 Å². The van der Waals surface area contributed by atoms with Crippen LogP contribution in [0.5, 0.6) is 0 Å². The Kier molecular flexibility index (Phi) is 6.19. The Morgan fingerprint density at radius 1 is 1.08 bits per heavy atom. The van der Waals surface area contributed by atoms with E-state index in [-0.39, 0.29) is 29.6 Å². The Morgan fingerprint density at radius 2 is 1.58 bits per heavy atom. The van der Waals surface area contributed by atoms with Gasteiger partial charge in [-0.05, 0) is 77.3 Å². The number of likely N-dealkylation sites (N-methyl/N-ethyl adjacent to an activating group) is 1. The topological polar surface area (TPSA) is 61.4 Å². The molecule has 0 aromatic heterocycles. The van der Waals surface area contributed by atoms with Gasteiger partial charge in [-0.25, -0.2) is 0 Å². The number of hydrogen-bond acceptors (Lipinski definition) is 3. The summed E-state index contributed by atoms with van der Waals surface area (Å²) in [7, 11) is 3.95. The molecule has 0 saturated heterocycles. The SMILES string of the molecule is CC(NC(=O)C12CC3CC(CC(C3)C1)C2)C(=O)NCCN(C)C.Cl. The third-order valence-corrected chi connectivity index (χ3v) is 6.12. The van der Waals surface area contributed by atoms with E-state index < -0.39 is 6.04 Å². The van der Waals surface area contributed by atoms with Crippen molar-refractivity contribution in [2.24, 2.45) is 23.2 Å². The molecule has 4 aliphatic carbocycles. The standard InChI is InChI=1S/C18H31N3O2.ClH/c1-12(16(22)19-4-5-21(2)3)20-17(23)18-9-13-6-14(10-18)8-15(7-13)11-18;/h12-15H,4-11H2,1-3H3,(H,19,22)(H,20,23);1H. The van der Waals surface area contributed by atoms with Gasteiger partial charge < -0.3 is 15.5 Å². The molecule has 4 saturated carbocycles. The second kappa shape index (κ2) is 7.61. The number of amides is 2. The maximum Gasteiger partial charge on any atom is 0.242 e. The summed E-state index contributed by atoms with van der Waals surface area (Å²) in [6.07, 6.45) is 7.10. The zero-order chi connectivity index (χ0) is 16.6. The second-order valence-corrected chi connectivity index (χ2v) is 8.49. The number of carbonyl (C=O) groups is 2. The number of hydrogen-bond donors (Lipinski definition) is 2. The minimum Gasteiger partial charge on any atom is -0.353 e. The van der Waals surface area contributed by atoms with E-state index >= 15 is 0 Å². The van der Waals surface area contributed by atoms with Gasteiger partial charge in [0.25, 0.3) is 0 Å².